The molecule has 1 aliphatic heterocycles. The monoisotopic (exact) mass is 265 g/mol. The number of hydrogen-bond acceptors (Lipinski definition) is 4. The minimum absolute atomic E-state index is 0.185. The summed E-state index contributed by atoms with van der Waals surface area (Å²) in [6.07, 6.45) is 3.47. The molecule has 6 heteroatoms. The topological polar surface area (TPSA) is 87.0 Å². The van der Waals surface area contributed by atoms with Crippen LogP contribution in [-0.2, 0) is 0 Å². The average molecular weight is 265 g/mol. The van der Waals surface area contributed by atoms with Crippen molar-refractivity contribution in [2.45, 2.75) is 26.2 Å². The quantitative estimate of drug-likeness (QED) is 0.750. The summed E-state index contributed by atoms with van der Waals surface area (Å²) < 4.78 is 0. The molecule has 4 N–H and O–H groups in total. The molecule has 2 rings (SSSR count). The highest BCUT2D eigenvalue weighted by Gasteiger charge is 2.18. The van der Waals surface area contributed by atoms with Gasteiger partial charge in [-0.3, -0.25) is 9.89 Å². The summed E-state index contributed by atoms with van der Waals surface area (Å²) in [6.45, 7) is 4.81. The van der Waals surface area contributed by atoms with E-state index in [0.717, 1.165) is 31.1 Å². The van der Waals surface area contributed by atoms with Gasteiger partial charge >= 0.3 is 0 Å². The molecule has 19 heavy (non-hydrogen) atoms. The molecular weight excluding hydrogens is 242 g/mol. The Balaban J connectivity index is 1.74. The number of aromatic amines is 1. The van der Waals surface area contributed by atoms with E-state index in [-0.39, 0.29) is 5.91 Å². The maximum absolute atomic E-state index is 11.9. The van der Waals surface area contributed by atoms with Gasteiger partial charge in [-0.15, -0.1) is 0 Å². The number of amides is 1. The molecule has 0 aromatic carbocycles. The number of aromatic nitrogens is 2. The van der Waals surface area contributed by atoms with Gasteiger partial charge in [0.25, 0.3) is 5.91 Å². The van der Waals surface area contributed by atoms with Crippen molar-refractivity contribution in [2.75, 3.05) is 32.4 Å². The van der Waals surface area contributed by atoms with Crippen molar-refractivity contribution in [3.05, 3.63) is 11.4 Å². The van der Waals surface area contributed by atoms with Crippen LogP contribution in [0.4, 0.5) is 5.69 Å². The molecule has 1 aromatic rings. The van der Waals surface area contributed by atoms with Gasteiger partial charge < -0.3 is 16.0 Å². The van der Waals surface area contributed by atoms with Crippen LogP contribution in [0.1, 0.15) is 35.4 Å². The molecule has 2 heterocycles. The van der Waals surface area contributed by atoms with Gasteiger partial charge in [0.15, 0.2) is 5.69 Å². The number of nitrogen functional groups attached to an aromatic ring is 1. The van der Waals surface area contributed by atoms with E-state index in [0.29, 0.717) is 17.9 Å². The first-order chi connectivity index (χ1) is 9.08. The van der Waals surface area contributed by atoms with E-state index >= 15 is 0 Å². The van der Waals surface area contributed by atoms with Crippen molar-refractivity contribution in [3.8, 4) is 0 Å². The highest BCUT2D eigenvalue weighted by atomic mass is 16.1. The number of anilines is 1. The van der Waals surface area contributed by atoms with E-state index in [4.69, 9.17) is 5.73 Å². The number of piperidine rings is 1. The number of carbonyl (C=O) groups is 1. The molecule has 1 aromatic heterocycles. The van der Waals surface area contributed by atoms with Gasteiger partial charge in [0.2, 0.25) is 0 Å². The molecule has 1 fully saturated rings. The predicted molar refractivity (Wildman–Crippen MR) is 74.9 cm³/mol. The number of carbonyl (C=O) groups excluding carboxylic acids is 1. The average Bonchev–Trinajstić information content (AvgIpc) is 2.72. The molecule has 0 radical (unpaired) electrons. The Hall–Kier alpha value is -1.56. The molecular formula is C13H23N5O. The van der Waals surface area contributed by atoms with E-state index in [1.54, 1.807) is 6.92 Å². The number of likely N-dealkylation sites (tertiary alicyclic amines) is 1. The third-order valence-corrected chi connectivity index (χ3v) is 3.89. The maximum Gasteiger partial charge on any atom is 0.273 e. The molecule has 0 saturated carbocycles. The highest BCUT2D eigenvalue weighted by molar-refractivity contribution is 5.97. The Labute approximate surface area is 113 Å². The summed E-state index contributed by atoms with van der Waals surface area (Å²) in [6, 6.07) is 0. The second kappa shape index (κ2) is 6.06. The summed E-state index contributed by atoms with van der Waals surface area (Å²) in [5, 5.41) is 9.54. The third kappa shape index (κ3) is 3.47. The van der Waals surface area contributed by atoms with Crippen LogP contribution in [0.25, 0.3) is 0 Å². The van der Waals surface area contributed by atoms with Crippen LogP contribution in [0.5, 0.6) is 0 Å². The van der Waals surface area contributed by atoms with Crippen LogP contribution in [0.2, 0.25) is 0 Å². The second-order valence-corrected chi connectivity index (χ2v) is 5.40. The van der Waals surface area contributed by atoms with Crippen LogP contribution in [0.15, 0.2) is 0 Å². The summed E-state index contributed by atoms with van der Waals surface area (Å²) in [5.41, 5.74) is 7.26. The maximum atomic E-state index is 11.9. The van der Waals surface area contributed by atoms with Crippen molar-refractivity contribution in [1.29, 1.82) is 0 Å². The summed E-state index contributed by atoms with van der Waals surface area (Å²) in [5.74, 6) is 0.532. The first-order valence-electron chi connectivity index (χ1n) is 6.85. The van der Waals surface area contributed by atoms with Gasteiger partial charge in [-0.25, -0.2) is 0 Å². The Kier molecular flexibility index (Phi) is 4.42. The van der Waals surface area contributed by atoms with Crippen molar-refractivity contribution < 1.29 is 4.79 Å². The predicted octanol–water partition coefficient (Wildman–Crippen LogP) is 0.762. The standard InChI is InChI=1S/C13H23N5O/c1-9-11(14)12(17-16-9)13(19)15-6-3-10-4-7-18(2)8-5-10/h10H,3-8,14H2,1-2H3,(H,15,19)(H,16,17). The van der Waals surface area contributed by atoms with E-state index in [1.807, 2.05) is 0 Å². The molecule has 0 spiro atoms. The minimum atomic E-state index is -0.185. The molecule has 0 aliphatic carbocycles. The molecule has 0 bridgehead atoms. The van der Waals surface area contributed by atoms with Gasteiger partial charge in [-0.05, 0) is 52.2 Å². The Bertz CT molecular complexity index is 434. The summed E-state index contributed by atoms with van der Waals surface area (Å²) in [4.78, 5) is 14.2. The molecule has 1 aliphatic rings. The van der Waals surface area contributed by atoms with Crippen LogP contribution in [0.3, 0.4) is 0 Å². The molecule has 106 valence electrons. The first kappa shape index (κ1) is 13.9. The largest absolute Gasteiger partial charge is 0.395 e. The van der Waals surface area contributed by atoms with E-state index in [2.05, 4.69) is 27.5 Å². The van der Waals surface area contributed by atoms with Crippen LogP contribution in [-0.4, -0.2) is 47.7 Å². The highest BCUT2D eigenvalue weighted by Crippen LogP contribution is 2.19. The van der Waals surface area contributed by atoms with Gasteiger partial charge in [0.05, 0.1) is 11.4 Å². The zero-order chi connectivity index (χ0) is 13.8. The first-order valence-corrected chi connectivity index (χ1v) is 6.85. The lowest BCUT2D eigenvalue weighted by Crippen LogP contribution is -2.33. The SMILES string of the molecule is Cc1[nH]nc(C(=O)NCCC2CCN(C)CC2)c1N. The number of nitrogens with two attached hydrogens (primary N) is 1. The molecule has 0 atom stereocenters. The smallest absolute Gasteiger partial charge is 0.273 e. The number of hydrogen-bond donors (Lipinski definition) is 3. The lowest BCUT2D eigenvalue weighted by atomic mass is 9.94. The van der Waals surface area contributed by atoms with Crippen LogP contribution in [0, 0.1) is 12.8 Å². The minimum Gasteiger partial charge on any atom is -0.395 e. The van der Waals surface area contributed by atoms with Gasteiger partial charge in [-0.2, -0.15) is 5.10 Å². The Morgan fingerprint density at radius 1 is 1.53 bits per heavy atom. The summed E-state index contributed by atoms with van der Waals surface area (Å²) >= 11 is 0. The summed E-state index contributed by atoms with van der Waals surface area (Å²) in [7, 11) is 2.15. The fourth-order valence-electron chi connectivity index (χ4n) is 2.44. The molecule has 1 saturated heterocycles. The number of H-pyrrole nitrogens is 1. The second-order valence-electron chi connectivity index (χ2n) is 5.40. The van der Waals surface area contributed by atoms with E-state index in [9.17, 15) is 4.79 Å². The van der Waals surface area contributed by atoms with Crippen LogP contribution >= 0.6 is 0 Å². The molecule has 0 unspecified atom stereocenters. The third-order valence-electron chi connectivity index (χ3n) is 3.89. The molecule has 6 nitrogen and oxygen atoms in total. The number of nitrogens with zero attached hydrogens (tertiary/aromatic N) is 2. The van der Waals surface area contributed by atoms with E-state index in [1.165, 1.54) is 12.8 Å². The number of rotatable bonds is 4. The lowest BCUT2D eigenvalue weighted by Gasteiger charge is -2.28. The van der Waals surface area contributed by atoms with Crippen LogP contribution < -0.4 is 11.1 Å². The van der Waals surface area contributed by atoms with Crippen molar-refractivity contribution in [1.82, 2.24) is 20.4 Å². The van der Waals surface area contributed by atoms with E-state index < -0.39 is 0 Å². The van der Waals surface area contributed by atoms with Crippen molar-refractivity contribution in [2.24, 2.45) is 5.92 Å². The fraction of sp³-hybridized carbons (Fsp3) is 0.692. The Morgan fingerprint density at radius 2 is 2.21 bits per heavy atom. The normalized spacial score (nSPS) is 17.6. The van der Waals surface area contributed by atoms with Crippen molar-refractivity contribution in [3.63, 3.8) is 0 Å². The zero-order valence-electron chi connectivity index (χ0n) is 11.7. The Morgan fingerprint density at radius 3 is 2.79 bits per heavy atom. The zero-order valence-corrected chi connectivity index (χ0v) is 11.7. The lowest BCUT2D eigenvalue weighted by molar-refractivity contribution is 0.0945. The van der Waals surface area contributed by atoms with Crippen molar-refractivity contribution >= 4 is 11.6 Å². The van der Waals surface area contributed by atoms with Gasteiger partial charge in [0.1, 0.15) is 0 Å². The van der Waals surface area contributed by atoms with Gasteiger partial charge in [0, 0.05) is 6.54 Å². The molecule has 1 amide bonds. The number of nitrogens with one attached hydrogen (secondary N) is 2. The number of aryl methyl sites for hydroxylation is 1. The fourth-order valence-corrected chi connectivity index (χ4v) is 2.44. The van der Waals surface area contributed by atoms with Gasteiger partial charge in [-0.1, -0.05) is 0 Å².